The maximum absolute atomic E-state index is 12.8. The summed E-state index contributed by atoms with van der Waals surface area (Å²) in [5, 5.41) is 0.802. The van der Waals surface area contributed by atoms with E-state index in [4.69, 9.17) is 0 Å². The predicted octanol–water partition coefficient (Wildman–Crippen LogP) is 3.87. The van der Waals surface area contributed by atoms with Crippen LogP contribution in [0.1, 0.15) is 27.0 Å². The highest BCUT2D eigenvalue weighted by Gasteiger charge is 2.25. The quantitative estimate of drug-likeness (QED) is 0.556. The largest absolute Gasteiger partial charge is 0.338 e. The maximum Gasteiger partial charge on any atom is 0.253 e. The van der Waals surface area contributed by atoms with Gasteiger partial charge in [-0.15, -0.1) is 0 Å². The lowest BCUT2D eigenvalue weighted by Crippen LogP contribution is -2.51. The molecular formula is C25H28N4O2S. The Kier molecular flexibility index (Phi) is 6.65. The summed E-state index contributed by atoms with van der Waals surface area (Å²) < 4.78 is 2.02. The third-order valence-electron chi connectivity index (χ3n) is 5.63. The summed E-state index contributed by atoms with van der Waals surface area (Å²) in [7, 11) is 0. The van der Waals surface area contributed by atoms with Crippen molar-refractivity contribution >= 4 is 23.6 Å². The van der Waals surface area contributed by atoms with E-state index in [2.05, 4.69) is 37.0 Å². The van der Waals surface area contributed by atoms with Crippen LogP contribution in [0.25, 0.3) is 5.69 Å². The molecule has 1 aliphatic heterocycles. The van der Waals surface area contributed by atoms with E-state index in [0.717, 1.165) is 16.4 Å². The van der Waals surface area contributed by atoms with Gasteiger partial charge in [-0.2, -0.15) is 0 Å². The average molecular weight is 449 g/mol. The van der Waals surface area contributed by atoms with E-state index >= 15 is 0 Å². The molecule has 0 radical (unpaired) electrons. The van der Waals surface area contributed by atoms with Crippen molar-refractivity contribution < 1.29 is 9.59 Å². The first-order valence-corrected chi connectivity index (χ1v) is 11.8. The zero-order valence-electron chi connectivity index (χ0n) is 18.7. The minimum atomic E-state index is 0.0296. The Hall–Kier alpha value is -3.06. The van der Waals surface area contributed by atoms with Gasteiger partial charge in [-0.25, -0.2) is 4.98 Å². The van der Waals surface area contributed by atoms with Crippen molar-refractivity contribution in [2.45, 2.75) is 25.9 Å². The number of rotatable bonds is 5. The molecule has 1 saturated heterocycles. The fourth-order valence-corrected chi connectivity index (χ4v) is 4.81. The minimum Gasteiger partial charge on any atom is -0.338 e. The van der Waals surface area contributed by atoms with Crippen LogP contribution < -0.4 is 0 Å². The second-order valence-corrected chi connectivity index (χ2v) is 9.20. The molecule has 1 aromatic heterocycles. The molecule has 1 aliphatic rings. The molecule has 166 valence electrons. The van der Waals surface area contributed by atoms with Crippen LogP contribution in [0.2, 0.25) is 0 Å². The number of imidazole rings is 1. The van der Waals surface area contributed by atoms with Crippen LogP contribution in [0.3, 0.4) is 0 Å². The van der Waals surface area contributed by atoms with Crippen molar-refractivity contribution in [3.8, 4) is 5.69 Å². The molecule has 2 amide bonds. The van der Waals surface area contributed by atoms with Crippen LogP contribution in [-0.4, -0.2) is 63.1 Å². The van der Waals surface area contributed by atoms with Crippen LogP contribution in [0, 0.1) is 20.8 Å². The van der Waals surface area contributed by atoms with E-state index in [1.807, 2.05) is 51.8 Å². The summed E-state index contributed by atoms with van der Waals surface area (Å²) in [6, 6.07) is 14.0. The van der Waals surface area contributed by atoms with Gasteiger partial charge in [0.2, 0.25) is 5.91 Å². The van der Waals surface area contributed by atoms with Gasteiger partial charge in [0, 0.05) is 49.8 Å². The Morgan fingerprint density at radius 3 is 2.16 bits per heavy atom. The van der Waals surface area contributed by atoms with Crippen molar-refractivity contribution in [3.05, 3.63) is 77.1 Å². The number of hydrogen-bond acceptors (Lipinski definition) is 4. The molecule has 0 bridgehead atoms. The number of piperazine rings is 1. The molecule has 32 heavy (non-hydrogen) atoms. The van der Waals surface area contributed by atoms with Gasteiger partial charge in [-0.3, -0.25) is 14.2 Å². The molecular weight excluding hydrogens is 420 g/mol. The van der Waals surface area contributed by atoms with E-state index < -0.39 is 0 Å². The fourth-order valence-electron chi connectivity index (χ4n) is 3.94. The lowest BCUT2D eigenvalue weighted by atomic mass is 10.1. The van der Waals surface area contributed by atoms with Gasteiger partial charge in [-0.05, 0) is 56.2 Å². The Bertz CT molecular complexity index is 1090. The second kappa shape index (κ2) is 9.61. The number of amides is 2. The van der Waals surface area contributed by atoms with Gasteiger partial charge >= 0.3 is 0 Å². The SMILES string of the molecule is Cc1ccc(C(=O)N2CCN(C(=O)CSc3nccn3-c3cc(C)cc(C)c3)CC2)cc1. The number of carbonyl (C=O) groups is 2. The Morgan fingerprint density at radius 2 is 1.50 bits per heavy atom. The molecule has 7 heteroatoms. The van der Waals surface area contributed by atoms with Crippen molar-refractivity contribution in [2.75, 3.05) is 31.9 Å². The van der Waals surface area contributed by atoms with Crippen LogP contribution >= 0.6 is 11.8 Å². The van der Waals surface area contributed by atoms with Crippen LogP contribution in [0.5, 0.6) is 0 Å². The minimum absolute atomic E-state index is 0.0296. The van der Waals surface area contributed by atoms with E-state index in [-0.39, 0.29) is 11.8 Å². The Balaban J connectivity index is 1.32. The van der Waals surface area contributed by atoms with Crippen molar-refractivity contribution in [3.63, 3.8) is 0 Å². The summed E-state index contributed by atoms with van der Waals surface area (Å²) in [6.07, 6.45) is 3.69. The number of nitrogens with zero attached hydrogens (tertiary/aromatic N) is 4. The summed E-state index contributed by atoms with van der Waals surface area (Å²) >= 11 is 1.45. The van der Waals surface area contributed by atoms with E-state index in [1.54, 1.807) is 6.20 Å². The first-order valence-electron chi connectivity index (χ1n) is 10.8. The molecule has 3 aromatic rings. The number of hydrogen-bond donors (Lipinski definition) is 0. The molecule has 1 fully saturated rings. The van der Waals surface area contributed by atoms with Gasteiger partial charge in [0.05, 0.1) is 5.75 Å². The molecule has 0 saturated carbocycles. The Morgan fingerprint density at radius 1 is 0.875 bits per heavy atom. The van der Waals surface area contributed by atoms with Gasteiger partial charge in [0.25, 0.3) is 5.91 Å². The summed E-state index contributed by atoms with van der Waals surface area (Å²) in [5.74, 6) is 0.433. The molecule has 0 N–H and O–H groups in total. The average Bonchev–Trinajstić information content (AvgIpc) is 3.26. The van der Waals surface area contributed by atoms with Gasteiger partial charge in [0.15, 0.2) is 5.16 Å². The molecule has 6 nitrogen and oxygen atoms in total. The molecule has 0 aliphatic carbocycles. The van der Waals surface area contributed by atoms with Crippen LogP contribution in [0.15, 0.2) is 60.0 Å². The molecule has 0 spiro atoms. The first kappa shape index (κ1) is 22.1. The zero-order chi connectivity index (χ0) is 22.7. The molecule has 4 rings (SSSR count). The number of carbonyl (C=O) groups excluding carboxylic acids is 2. The van der Waals surface area contributed by atoms with Gasteiger partial charge in [-0.1, -0.05) is 35.5 Å². The summed E-state index contributed by atoms with van der Waals surface area (Å²) in [6.45, 7) is 8.39. The third-order valence-corrected chi connectivity index (χ3v) is 6.59. The molecule has 0 atom stereocenters. The van der Waals surface area contributed by atoms with Crippen molar-refractivity contribution in [1.29, 1.82) is 0 Å². The Labute approximate surface area is 193 Å². The lowest BCUT2D eigenvalue weighted by molar-refractivity contribution is -0.129. The van der Waals surface area contributed by atoms with E-state index in [9.17, 15) is 9.59 Å². The third kappa shape index (κ3) is 5.05. The van der Waals surface area contributed by atoms with E-state index in [0.29, 0.717) is 37.5 Å². The smallest absolute Gasteiger partial charge is 0.253 e. The fraction of sp³-hybridized carbons (Fsp3) is 0.320. The number of aryl methyl sites for hydroxylation is 3. The molecule has 2 aromatic carbocycles. The highest BCUT2D eigenvalue weighted by molar-refractivity contribution is 7.99. The van der Waals surface area contributed by atoms with Crippen LogP contribution in [0.4, 0.5) is 0 Å². The standard InChI is InChI=1S/C25H28N4O2S/c1-18-4-6-21(7-5-18)24(31)28-12-10-27(11-13-28)23(30)17-32-25-26-8-9-29(25)22-15-19(2)14-20(3)16-22/h4-9,14-16H,10-13,17H2,1-3H3. The zero-order valence-corrected chi connectivity index (χ0v) is 19.6. The number of aromatic nitrogens is 2. The van der Waals surface area contributed by atoms with Crippen LogP contribution in [-0.2, 0) is 4.79 Å². The van der Waals surface area contributed by atoms with Crippen molar-refractivity contribution in [2.24, 2.45) is 0 Å². The van der Waals surface area contributed by atoms with Gasteiger partial charge in [0.1, 0.15) is 0 Å². The lowest BCUT2D eigenvalue weighted by Gasteiger charge is -2.34. The highest BCUT2D eigenvalue weighted by atomic mass is 32.2. The normalized spacial score (nSPS) is 14.0. The molecule has 2 heterocycles. The summed E-state index contributed by atoms with van der Waals surface area (Å²) in [5.41, 5.74) is 5.27. The number of benzene rings is 2. The van der Waals surface area contributed by atoms with Gasteiger partial charge < -0.3 is 9.80 Å². The van der Waals surface area contributed by atoms with E-state index in [1.165, 1.54) is 22.9 Å². The second-order valence-electron chi connectivity index (χ2n) is 8.25. The molecule has 0 unspecified atom stereocenters. The number of thioether (sulfide) groups is 1. The topological polar surface area (TPSA) is 58.4 Å². The predicted molar refractivity (Wildman–Crippen MR) is 127 cm³/mol. The summed E-state index contributed by atoms with van der Waals surface area (Å²) in [4.78, 5) is 33.6. The maximum atomic E-state index is 12.8. The van der Waals surface area contributed by atoms with Crippen molar-refractivity contribution in [1.82, 2.24) is 19.4 Å². The monoisotopic (exact) mass is 448 g/mol. The highest BCUT2D eigenvalue weighted by Crippen LogP contribution is 2.23. The first-order chi connectivity index (χ1) is 15.4.